The van der Waals surface area contributed by atoms with Gasteiger partial charge in [0.1, 0.15) is 11.3 Å². The molecule has 0 unspecified atom stereocenters. The summed E-state index contributed by atoms with van der Waals surface area (Å²) < 4.78 is 5.80. The Hall–Kier alpha value is -3.12. The Morgan fingerprint density at radius 3 is 2.72 bits per heavy atom. The predicted molar refractivity (Wildman–Crippen MR) is 101 cm³/mol. The molecule has 2 amide bonds. The Kier molecular flexibility index (Phi) is 3.95. The Morgan fingerprint density at radius 2 is 1.88 bits per heavy atom. The Balaban J connectivity index is 1.49. The molecule has 25 heavy (non-hydrogen) atoms. The second-order valence-corrected chi connectivity index (χ2v) is 6.44. The van der Waals surface area contributed by atoms with E-state index in [1.807, 2.05) is 66.9 Å². The minimum absolute atomic E-state index is 0.320. The van der Waals surface area contributed by atoms with Crippen LogP contribution in [0.4, 0.5) is 15.6 Å². The molecule has 0 aliphatic carbocycles. The van der Waals surface area contributed by atoms with Crippen molar-refractivity contribution in [1.29, 1.82) is 0 Å². The van der Waals surface area contributed by atoms with Crippen molar-refractivity contribution in [2.24, 2.45) is 0 Å². The molecule has 0 spiro atoms. The third-order valence-corrected chi connectivity index (χ3v) is 4.55. The minimum atomic E-state index is -0.320. The highest BCUT2D eigenvalue weighted by atomic mass is 32.1. The number of carbonyl (C=O) groups is 1. The number of anilines is 2. The number of urea groups is 1. The van der Waals surface area contributed by atoms with Crippen LogP contribution in [0.5, 0.6) is 0 Å². The summed E-state index contributed by atoms with van der Waals surface area (Å²) in [6.45, 7) is 1.94. The Labute approximate surface area is 148 Å². The Bertz CT molecular complexity index is 1020. The number of hydrogen-bond acceptors (Lipinski definition) is 4. The molecule has 0 fully saturated rings. The summed E-state index contributed by atoms with van der Waals surface area (Å²) in [6, 6.07) is 17.0. The molecule has 0 saturated heterocycles. The highest BCUT2D eigenvalue weighted by molar-refractivity contribution is 7.14. The van der Waals surface area contributed by atoms with Gasteiger partial charge in [0.25, 0.3) is 0 Å². The topological polar surface area (TPSA) is 67.2 Å². The fourth-order valence-electron chi connectivity index (χ4n) is 2.52. The van der Waals surface area contributed by atoms with E-state index >= 15 is 0 Å². The summed E-state index contributed by atoms with van der Waals surface area (Å²) in [5, 5.41) is 8.98. The average molecular weight is 349 g/mol. The lowest BCUT2D eigenvalue weighted by atomic mass is 10.2. The zero-order valence-corrected chi connectivity index (χ0v) is 14.3. The number of aryl methyl sites for hydroxylation is 1. The van der Waals surface area contributed by atoms with Crippen LogP contribution < -0.4 is 10.6 Å². The van der Waals surface area contributed by atoms with Gasteiger partial charge in [-0.3, -0.25) is 5.32 Å². The van der Waals surface area contributed by atoms with Crippen molar-refractivity contribution in [1.82, 2.24) is 4.98 Å². The van der Waals surface area contributed by atoms with Gasteiger partial charge in [-0.25, -0.2) is 9.78 Å². The number of hydrogen-bond donors (Lipinski definition) is 2. The number of aromatic nitrogens is 1. The second kappa shape index (κ2) is 6.41. The van der Waals surface area contributed by atoms with E-state index in [1.165, 1.54) is 11.3 Å². The molecule has 2 aromatic heterocycles. The summed E-state index contributed by atoms with van der Waals surface area (Å²) in [5.41, 5.74) is 3.29. The molecule has 4 aromatic rings. The number of benzene rings is 2. The molecule has 124 valence electrons. The van der Waals surface area contributed by atoms with Crippen LogP contribution in [0.1, 0.15) is 5.56 Å². The van der Waals surface area contributed by atoms with E-state index in [0.29, 0.717) is 16.6 Å². The number of para-hydroxylation sites is 2. The minimum Gasteiger partial charge on any atom is -0.454 e. The number of nitrogens with zero attached hydrogens (tertiary/aromatic N) is 1. The predicted octanol–water partition coefficient (Wildman–Crippen LogP) is 5.51. The van der Waals surface area contributed by atoms with Crippen molar-refractivity contribution >= 4 is 39.2 Å². The van der Waals surface area contributed by atoms with Gasteiger partial charge in [-0.05, 0) is 30.7 Å². The zero-order valence-electron chi connectivity index (χ0n) is 13.4. The molecular weight excluding hydrogens is 334 g/mol. The SMILES string of the molecule is Cc1ccccc1NC(=O)Nc1nc(-c2cc3ccccc3o2)cs1. The fourth-order valence-corrected chi connectivity index (χ4v) is 3.21. The third kappa shape index (κ3) is 3.25. The first kappa shape index (κ1) is 15.4. The van der Waals surface area contributed by atoms with Gasteiger partial charge in [-0.1, -0.05) is 36.4 Å². The van der Waals surface area contributed by atoms with Gasteiger partial charge in [0.2, 0.25) is 0 Å². The lowest BCUT2D eigenvalue weighted by Crippen LogP contribution is -2.19. The number of furan rings is 1. The fraction of sp³-hybridized carbons (Fsp3) is 0.0526. The quantitative estimate of drug-likeness (QED) is 0.512. The van der Waals surface area contributed by atoms with E-state index in [4.69, 9.17) is 4.42 Å². The number of rotatable bonds is 3. The summed E-state index contributed by atoms with van der Waals surface area (Å²) in [7, 11) is 0. The first-order valence-corrected chi connectivity index (χ1v) is 8.65. The molecule has 4 rings (SSSR count). The van der Waals surface area contributed by atoms with Crippen molar-refractivity contribution in [2.75, 3.05) is 10.6 Å². The smallest absolute Gasteiger partial charge is 0.325 e. The van der Waals surface area contributed by atoms with Gasteiger partial charge in [0, 0.05) is 16.5 Å². The van der Waals surface area contributed by atoms with E-state index in [2.05, 4.69) is 15.6 Å². The summed E-state index contributed by atoms with van der Waals surface area (Å²) in [6.07, 6.45) is 0. The van der Waals surface area contributed by atoms with Crippen molar-refractivity contribution in [3.8, 4) is 11.5 Å². The van der Waals surface area contributed by atoms with Gasteiger partial charge in [-0.15, -0.1) is 11.3 Å². The first-order chi connectivity index (χ1) is 12.2. The second-order valence-electron chi connectivity index (χ2n) is 5.58. The molecule has 0 aliphatic heterocycles. The molecule has 5 nitrogen and oxygen atoms in total. The van der Waals surface area contributed by atoms with Crippen LogP contribution in [0.25, 0.3) is 22.4 Å². The number of fused-ring (bicyclic) bond motifs is 1. The normalized spacial score (nSPS) is 10.8. The first-order valence-electron chi connectivity index (χ1n) is 7.77. The van der Waals surface area contributed by atoms with E-state index < -0.39 is 0 Å². The maximum atomic E-state index is 12.1. The molecule has 0 saturated carbocycles. The summed E-state index contributed by atoms with van der Waals surface area (Å²) in [5.74, 6) is 0.685. The molecule has 2 N–H and O–H groups in total. The molecule has 2 aromatic carbocycles. The van der Waals surface area contributed by atoms with Crippen molar-refractivity contribution in [3.05, 3.63) is 65.5 Å². The van der Waals surface area contributed by atoms with E-state index in [9.17, 15) is 4.79 Å². The molecule has 2 heterocycles. The van der Waals surface area contributed by atoms with E-state index in [0.717, 1.165) is 22.2 Å². The summed E-state index contributed by atoms with van der Waals surface area (Å²) >= 11 is 1.35. The van der Waals surface area contributed by atoms with Crippen LogP contribution in [-0.4, -0.2) is 11.0 Å². The maximum Gasteiger partial charge on any atom is 0.325 e. The van der Waals surface area contributed by atoms with Crippen molar-refractivity contribution in [3.63, 3.8) is 0 Å². The van der Waals surface area contributed by atoms with Gasteiger partial charge in [-0.2, -0.15) is 0 Å². The number of carbonyl (C=O) groups excluding carboxylic acids is 1. The molecule has 0 aliphatic rings. The van der Waals surface area contributed by atoms with Crippen LogP contribution in [0, 0.1) is 6.92 Å². The van der Waals surface area contributed by atoms with E-state index in [1.54, 1.807) is 0 Å². The van der Waals surface area contributed by atoms with E-state index in [-0.39, 0.29) is 6.03 Å². The Morgan fingerprint density at radius 1 is 1.08 bits per heavy atom. The van der Waals surface area contributed by atoms with Crippen molar-refractivity contribution in [2.45, 2.75) is 6.92 Å². The summed E-state index contributed by atoms with van der Waals surface area (Å²) in [4.78, 5) is 16.6. The molecule has 6 heteroatoms. The van der Waals surface area contributed by atoms with Crippen LogP contribution in [-0.2, 0) is 0 Å². The van der Waals surface area contributed by atoms with Gasteiger partial charge in [0.05, 0.1) is 0 Å². The average Bonchev–Trinajstić information content (AvgIpc) is 3.23. The number of nitrogens with one attached hydrogen (secondary N) is 2. The zero-order chi connectivity index (χ0) is 17.2. The third-order valence-electron chi connectivity index (χ3n) is 3.80. The van der Waals surface area contributed by atoms with Crippen LogP contribution in [0.2, 0.25) is 0 Å². The maximum absolute atomic E-state index is 12.1. The standard InChI is InChI=1S/C19H15N3O2S/c1-12-6-2-4-8-14(12)20-18(23)22-19-21-15(11-25-19)17-10-13-7-3-5-9-16(13)24-17/h2-11H,1H3,(H2,20,21,22,23). The number of thiazole rings is 1. The highest BCUT2D eigenvalue weighted by Gasteiger charge is 2.12. The lowest BCUT2D eigenvalue weighted by Gasteiger charge is -2.07. The van der Waals surface area contributed by atoms with Gasteiger partial charge < -0.3 is 9.73 Å². The largest absolute Gasteiger partial charge is 0.454 e. The monoisotopic (exact) mass is 349 g/mol. The number of amides is 2. The van der Waals surface area contributed by atoms with Gasteiger partial charge >= 0.3 is 6.03 Å². The van der Waals surface area contributed by atoms with Gasteiger partial charge in [0.15, 0.2) is 10.9 Å². The molecular formula is C19H15N3O2S. The van der Waals surface area contributed by atoms with Crippen LogP contribution in [0.3, 0.4) is 0 Å². The lowest BCUT2D eigenvalue weighted by molar-refractivity contribution is 0.262. The molecule has 0 atom stereocenters. The highest BCUT2D eigenvalue weighted by Crippen LogP contribution is 2.30. The van der Waals surface area contributed by atoms with Crippen molar-refractivity contribution < 1.29 is 9.21 Å². The molecule has 0 radical (unpaired) electrons. The van der Waals surface area contributed by atoms with Crippen LogP contribution >= 0.6 is 11.3 Å². The molecule has 0 bridgehead atoms. The van der Waals surface area contributed by atoms with Crippen LogP contribution in [0.15, 0.2) is 64.4 Å².